The van der Waals surface area contributed by atoms with Crippen LogP contribution in [0.2, 0.25) is 0 Å². The Labute approximate surface area is 107 Å². The molecular formula is C15H18N2O. The van der Waals surface area contributed by atoms with Crippen molar-refractivity contribution in [2.24, 2.45) is 5.73 Å². The molecular weight excluding hydrogens is 224 g/mol. The number of benzene rings is 2. The molecule has 1 unspecified atom stereocenters. The minimum atomic E-state index is 0.107. The molecule has 1 atom stereocenters. The Balaban J connectivity index is 2.27. The lowest BCUT2D eigenvalue weighted by Gasteiger charge is -2.19. The molecule has 3 nitrogen and oxygen atoms in total. The van der Waals surface area contributed by atoms with Crippen LogP contribution in [-0.4, -0.2) is 18.2 Å². The Bertz CT molecular complexity index is 468. The minimum absolute atomic E-state index is 0.107. The van der Waals surface area contributed by atoms with Crippen LogP contribution >= 0.6 is 0 Å². The van der Waals surface area contributed by atoms with Crippen LogP contribution in [0.1, 0.15) is 17.2 Å². The van der Waals surface area contributed by atoms with Crippen molar-refractivity contribution >= 4 is 0 Å². The van der Waals surface area contributed by atoms with Crippen molar-refractivity contribution in [1.82, 2.24) is 5.32 Å². The van der Waals surface area contributed by atoms with Gasteiger partial charge in [-0.1, -0.05) is 42.5 Å². The summed E-state index contributed by atoms with van der Waals surface area (Å²) in [5.74, 6) is 0.282. The maximum atomic E-state index is 9.34. The van der Waals surface area contributed by atoms with E-state index in [1.807, 2.05) is 30.3 Å². The number of phenols is 1. The van der Waals surface area contributed by atoms with Crippen molar-refractivity contribution in [2.45, 2.75) is 6.04 Å². The molecule has 0 aliphatic heterocycles. The van der Waals surface area contributed by atoms with Crippen LogP contribution in [0.15, 0.2) is 54.6 Å². The van der Waals surface area contributed by atoms with Crippen LogP contribution in [0.25, 0.3) is 0 Å². The summed E-state index contributed by atoms with van der Waals surface area (Å²) < 4.78 is 0. The molecule has 0 bridgehead atoms. The zero-order chi connectivity index (χ0) is 12.8. The smallest absolute Gasteiger partial charge is 0.115 e. The highest BCUT2D eigenvalue weighted by Gasteiger charge is 2.12. The number of hydrogen-bond acceptors (Lipinski definition) is 3. The molecule has 3 heteroatoms. The van der Waals surface area contributed by atoms with Crippen molar-refractivity contribution in [3.05, 3.63) is 65.7 Å². The van der Waals surface area contributed by atoms with E-state index in [-0.39, 0.29) is 11.8 Å². The summed E-state index contributed by atoms with van der Waals surface area (Å²) in [4.78, 5) is 0. The lowest BCUT2D eigenvalue weighted by Crippen LogP contribution is -2.27. The molecule has 0 saturated carbocycles. The van der Waals surface area contributed by atoms with Gasteiger partial charge in [0.2, 0.25) is 0 Å². The maximum absolute atomic E-state index is 9.34. The zero-order valence-corrected chi connectivity index (χ0v) is 10.2. The molecule has 0 spiro atoms. The Morgan fingerprint density at radius 3 is 2.17 bits per heavy atom. The number of aromatic hydroxyl groups is 1. The van der Waals surface area contributed by atoms with Gasteiger partial charge in [-0.05, 0) is 23.3 Å². The molecule has 0 radical (unpaired) electrons. The Hall–Kier alpha value is -1.84. The van der Waals surface area contributed by atoms with Crippen molar-refractivity contribution in [2.75, 3.05) is 13.1 Å². The highest BCUT2D eigenvalue weighted by atomic mass is 16.3. The number of hydrogen-bond donors (Lipinski definition) is 3. The average molecular weight is 242 g/mol. The molecule has 2 aromatic carbocycles. The van der Waals surface area contributed by atoms with E-state index in [0.717, 1.165) is 12.1 Å². The van der Waals surface area contributed by atoms with Gasteiger partial charge in [0.15, 0.2) is 0 Å². The average Bonchev–Trinajstić information content (AvgIpc) is 2.42. The van der Waals surface area contributed by atoms with Crippen LogP contribution in [0.4, 0.5) is 0 Å². The normalized spacial score (nSPS) is 12.3. The number of phenolic OH excluding ortho intramolecular Hbond substituents is 1. The monoisotopic (exact) mass is 242 g/mol. The first-order valence-electron chi connectivity index (χ1n) is 6.08. The van der Waals surface area contributed by atoms with Gasteiger partial charge in [-0.2, -0.15) is 0 Å². The molecule has 4 N–H and O–H groups in total. The second-order valence-electron chi connectivity index (χ2n) is 4.18. The first-order chi connectivity index (χ1) is 8.81. The Morgan fingerprint density at radius 2 is 1.56 bits per heavy atom. The lowest BCUT2D eigenvalue weighted by molar-refractivity contribution is 0.474. The van der Waals surface area contributed by atoms with Gasteiger partial charge in [-0.3, -0.25) is 0 Å². The summed E-state index contributed by atoms with van der Waals surface area (Å²) in [7, 11) is 0. The van der Waals surface area contributed by atoms with Gasteiger partial charge in [0.1, 0.15) is 5.75 Å². The summed E-state index contributed by atoms with van der Waals surface area (Å²) in [6.07, 6.45) is 0. The van der Waals surface area contributed by atoms with E-state index in [0.29, 0.717) is 6.54 Å². The first kappa shape index (κ1) is 12.6. The molecule has 18 heavy (non-hydrogen) atoms. The van der Waals surface area contributed by atoms with Gasteiger partial charge in [-0.25, -0.2) is 0 Å². The highest BCUT2D eigenvalue weighted by molar-refractivity contribution is 5.34. The van der Waals surface area contributed by atoms with Crippen LogP contribution in [-0.2, 0) is 0 Å². The van der Waals surface area contributed by atoms with E-state index < -0.39 is 0 Å². The van der Waals surface area contributed by atoms with Crippen LogP contribution < -0.4 is 11.1 Å². The van der Waals surface area contributed by atoms with E-state index >= 15 is 0 Å². The third-order valence-electron chi connectivity index (χ3n) is 2.85. The third kappa shape index (κ3) is 3.09. The molecule has 2 aromatic rings. The first-order valence-corrected chi connectivity index (χ1v) is 6.08. The summed E-state index contributed by atoms with van der Waals surface area (Å²) >= 11 is 0. The van der Waals surface area contributed by atoms with E-state index in [2.05, 4.69) is 17.4 Å². The lowest BCUT2D eigenvalue weighted by atomic mass is 9.98. The fourth-order valence-corrected chi connectivity index (χ4v) is 1.97. The van der Waals surface area contributed by atoms with Gasteiger partial charge in [0, 0.05) is 13.1 Å². The molecule has 0 saturated heterocycles. The Kier molecular flexibility index (Phi) is 4.34. The fraction of sp³-hybridized carbons (Fsp3) is 0.200. The van der Waals surface area contributed by atoms with Crippen LogP contribution in [0, 0.1) is 0 Å². The molecule has 94 valence electrons. The van der Waals surface area contributed by atoms with Gasteiger partial charge in [-0.15, -0.1) is 0 Å². The predicted octanol–water partition coefficient (Wildman–Crippen LogP) is 2.03. The van der Waals surface area contributed by atoms with Crippen molar-refractivity contribution in [3.63, 3.8) is 0 Å². The number of rotatable bonds is 5. The Morgan fingerprint density at radius 1 is 0.944 bits per heavy atom. The molecule has 0 amide bonds. The van der Waals surface area contributed by atoms with Crippen molar-refractivity contribution in [1.29, 1.82) is 0 Å². The zero-order valence-electron chi connectivity index (χ0n) is 10.2. The number of nitrogens with one attached hydrogen (secondary N) is 1. The second-order valence-corrected chi connectivity index (χ2v) is 4.18. The van der Waals surface area contributed by atoms with Gasteiger partial charge < -0.3 is 16.2 Å². The number of nitrogens with two attached hydrogens (primary N) is 1. The van der Waals surface area contributed by atoms with Gasteiger partial charge >= 0.3 is 0 Å². The molecule has 0 aromatic heterocycles. The summed E-state index contributed by atoms with van der Waals surface area (Å²) in [5.41, 5.74) is 7.86. The fourth-order valence-electron chi connectivity index (χ4n) is 1.97. The van der Waals surface area contributed by atoms with Crippen LogP contribution in [0.5, 0.6) is 5.75 Å². The molecule has 0 fully saturated rings. The maximum Gasteiger partial charge on any atom is 0.115 e. The second kappa shape index (κ2) is 6.19. The third-order valence-corrected chi connectivity index (χ3v) is 2.85. The largest absolute Gasteiger partial charge is 0.508 e. The molecule has 2 rings (SSSR count). The summed E-state index contributed by atoms with van der Waals surface area (Å²) in [6.45, 7) is 1.35. The summed E-state index contributed by atoms with van der Waals surface area (Å²) in [6, 6.07) is 17.6. The summed E-state index contributed by atoms with van der Waals surface area (Å²) in [5, 5.41) is 12.8. The SMILES string of the molecule is NCCNC(c1ccccc1)c1ccc(O)cc1. The topological polar surface area (TPSA) is 58.3 Å². The van der Waals surface area contributed by atoms with Crippen LogP contribution in [0.3, 0.4) is 0 Å². The van der Waals surface area contributed by atoms with E-state index in [1.54, 1.807) is 12.1 Å². The van der Waals surface area contributed by atoms with Gasteiger partial charge in [0.05, 0.1) is 6.04 Å². The predicted molar refractivity (Wildman–Crippen MR) is 73.4 cm³/mol. The molecule has 0 aliphatic carbocycles. The van der Waals surface area contributed by atoms with E-state index in [4.69, 9.17) is 5.73 Å². The molecule has 0 aliphatic rings. The van der Waals surface area contributed by atoms with Gasteiger partial charge in [0.25, 0.3) is 0 Å². The highest BCUT2D eigenvalue weighted by Crippen LogP contribution is 2.23. The van der Waals surface area contributed by atoms with E-state index in [9.17, 15) is 5.11 Å². The molecule has 0 heterocycles. The standard InChI is InChI=1S/C15H18N2O/c16-10-11-17-15(12-4-2-1-3-5-12)13-6-8-14(18)9-7-13/h1-9,15,17-18H,10-11,16H2. The van der Waals surface area contributed by atoms with Crippen molar-refractivity contribution in [3.8, 4) is 5.75 Å². The quantitative estimate of drug-likeness (QED) is 0.752. The van der Waals surface area contributed by atoms with E-state index in [1.165, 1.54) is 5.56 Å². The van der Waals surface area contributed by atoms with Crippen molar-refractivity contribution < 1.29 is 5.11 Å². The minimum Gasteiger partial charge on any atom is -0.508 e.